The maximum atomic E-state index is 12.9. The van der Waals surface area contributed by atoms with Crippen molar-refractivity contribution >= 4 is 27.3 Å². The predicted octanol–water partition coefficient (Wildman–Crippen LogP) is 1.87. The molecule has 1 fully saturated rings. The summed E-state index contributed by atoms with van der Waals surface area (Å²) < 4.78 is 31.5. The number of benzene rings is 1. The van der Waals surface area contributed by atoms with Crippen LogP contribution in [0.3, 0.4) is 0 Å². The number of morpholine rings is 1. The summed E-state index contributed by atoms with van der Waals surface area (Å²) in [6.07, 6.45) is 0. The highest BCUT2D eigenvalue weighted by molar-refractivity contribution is 7.89. The summed E-state index contributed by atoms with van der Waals surface area (Å²) in [5, 5.41) is 1.48. The Labute approximate surface area is 145 Å². The van der Waals surface area contributed by atoms with Gasteiger partial charge < -0.3 is 9.64 Å². The number of nitrogens with zero attached hydrogens (tertiary/aromatic N) is 1. The van der Waals surface area contributed by atoms with E-state index in [1.54, 1.807) is 4.90 Å². The predicted molar refractivity (Wildman–Crippen MR) is 91.6 cm³/mol. The van der Waals surface area contributed by atoms with Gasteiger partial charge in [-0.1, -0.05) is 30.3 Å². The van der Waals surface area contributed by atoms with Crippen molar-refractivity contribution in [2.75, 3.05) is 26.8 Å². The van der Waals surface area contributed by atoms with Crippen LogP contribution in [0.2, 0.25) is 0 Å². The van der Waals surface area contributed by atoms with Crippen LogP contribution in [0.25, 0.3) is 0 Å². The lowest BCUT2D eigenvalue weighted by atomic mass is 10.0. The monoisotopic (exact) mass is 366 g/mol. The fourth-order valence-electron chi connectivity index (χ4n) is 2.63. The maximum absolute atomic E-state index is 12.9. The highest BCUT2D eigenvalue weighted by Crippen LogP contribution is 2.28. The Morgan fingerprint density at radius 1 is 1.33 bits per heavy atom. The summed E-state index contributed by atoms with van der Waals surface area (Å²) in [7, 11) is -2.19. The van der Waals surface area contributed by atoms with E-state index in [1.807, 2.05) is 30.3 Å². The van der Waals surface area contributed by atoms with Gasteiger partial charge in [0.05, 0.1) is 29.0 Å². The molecule has 1 unspecified atom stereocenters. The van der Waals surface area contributed by atoms with Gasteiger partial charge in [0, 0.05) is 11.9 Å². The number of ether oxygens (including phenoxy) is 1. The van der Waals surface area contributed by atoms with E-state index in [9.17, 15) is 13.2 Å². The van der Waals surface area contributed by atoms with Crippen molar-refractivity contribution < 1.29 is 17.9 Å². The standard InChI is InChI=1S/C16H18N2O4S2/c1-17-24(20,21)13-9-15(23-11-13)16(19)18-7-8-22-10-14(18)12-5-3-2-4-6-12/h2-6,9,11,14,17H,7-8,10H2,1H3. The number of hydrogen-bond acceptors (Lipinski definition) is 5. The van der Waals surface area contributed by atoms with Gasteiger partial charge in [-0.15, -0.1) is 11.3 Å². The van der Waals surface area contributed by atoms with Crippen molar-refractivity contribution in [3.05, 3.63) is 52.2 Å². The number of carbonyl (C=O) groups excluding carboxylic acids is 1. The average molecular weight is 366 g/mol. The van der Waals surface area contributed by atoms with E-state index in [-0.39, 0.29) is 16.8 Å². The molecule has 0 saturated carbocycles. The molecule has 128 valence electrons. The minimum atomic E-state index is -3.54. The Kier molecular flexibility index (Phi) is 5.00. The van der Waals surface area contributed by atoms with Crippen LogP contribution in [0.15, 0.2) is 46.7 Å². The minimum Gasteiger partial charge on any atom is -0.377 e. The molecule has 2 heterocycles. The maximum Gasteiger partial charge on any atom is 0.264 e. The fraction of sp³-hybridized carbons (Fsp3) is 0.312. The molecule has 0 radical (unpaired) electrons. The van der Waals surface area contributed by atoms with Crippen molar-refractivity contribution in [3.63, 3.8) is 0 Å². The molecule has 1 atom stereocenters. The molecule has 8 heteroatoms. The topological polar surface area (TPSA) is 75.7 Å². The van der Waals surface area contributed by atoms with Crippen molar-refractivity contribution in [1.82, 2.24) is 9.62 Å². The van der Waals surface area contributed by atoms with E-state index in [4.69, 9.17) is 4.74 Å². The Bertz CT molecular complexity index is 818. The zero-order valence-electron chi connectivity index (χ0n) is 13.1. The number of amides is 1. The lowest BCUT2D eigenvalue weighted by molar-refractivity contribution is -0.00243. The second-order valence-corrected chi connectivity index (χ2v) is 8.15. The van der Waals surface area contributed by atoms with Gasteiger partial charge in [-0.05, 0) is 18.7 Å². The highest BCUT2D eigenvalue weighted by atomic mass is 32.2. The van der Waals surface area contributed by atoms with Crippen LogP contribution in [-0.4, -0.2) is 46.0 Å². The number of rotatable bonds is 4. The van der Waals surface area contributed by atoms with Gasteiger partial charge in [0.15, 0.2) is 0 Å². The number of thiophene rings is 1. The Morgan fingerprint density at radius 2 is 2.08 bits per heavy atom. The molecule has 6 nitrogen and oxygen atoms in total. The molecule has 1 amide bonds. The average Bonchev–Trinajstić information content (AvgIpc) is 3.13. The van der Waals surface area contributed by atoms with E-state index in [0.717, 1.165) is 16.9 Å². The molecule has 1 N–H and O–H groups in total. The van der Waals surface area contributed by atoms with Gasteiger partial charge in [0.1, 0.15) is 0 Å². The van der Waals surface area contributed by atoms with Gasteiger partial charge in [-0.2, -0.15) is 0 Å². The Hall–Kier alpha value is -1.74. The number of hydrogen-bond donors (Lipinski definition) is 1. The Morgan fingerprint density at radius 3 is 2.79 bits per heavy atom. The van der Waals surface area contributed by atoms with Crippen LogP contribution in [0.1, 0.15) is 21.3 Å². The molecule has 24 heavy (non-hydrogen) atoms. The molecule has 0 bridgehead atoms. The van der Waals surface area contributed by atoms with E-state index in [2.05, 4.69) is 4.72 Å². The van der Waals surface area contributed by atoms with E-state index < -0.39 is 10.0 Å². The molecule has 0 spiro atoms. The van der Waals surface area contributed by atoms with Crippen LogP contribution >= 0.6 is 11.3 Å². The van der Waals surface area contributed by atoms with Crippen LogP contribution in [0, 0.1) is 0 Å². The zero-order valence-corrected chi connectivity index (χ0v) is 14.8. The summed E-state index contributed by atoms with van der Waals surface area (Å²) in [5.74, 6) is -0.172. The molecule has 2 aromatic rings. The molecule has 1 aromatic carbocycles. The van der Waals surface area contributed by atoms with Crippen LogP contribution in [0.5, 0.6) is 0 Å². The summed E-state index contributed by atoms with van der Waals surface area (Å²) in [4.78, 5) is 15.2. The van der Waals surface area contributed by atoms with Gasteiger partial charge >= 0.3 is 0 Å². The third-order valence-electron chi connectivity index (χ3n) is 3.94. The first-order chi connectivity index (χ1) is 11.5. The lowest BCUT2D eigenvalue weighted by Crippen LogP contribution is -2.43. The largest absolute Gasteiger partial charge is 0.377 e. The number of nitrogens with one attached hydrogen (secondary N) is 1. The molecule has 3 rings (SSSR count). The summed E-state index contributed by atoms with van der Waals surface area (Å²) >= 11 is 1.14. The smallest absolute Gasteiger partial charge is 0.264 e. The van der Waals surface area contributed by atoms with E-state index in [1.165, 1.54) is 18.5 Å². The number of carbonyl (C=O) groups is 1. The molecule has 1 saturated heterocycles. The van der Waals surface area contributed by atoms with Crippen molar-refractivity contribution in [1.29, 1.82) is 0 Å². The first kappa shape index (κ1) is 17.1. The fourth-order valence-corrected chi connectivity index (χ4v) is 4.59. The van der Waals surface area contributed by atoms with Gasteiger partial charge in [-0.25, -0.2) is 13.1 Å². The molecular weight excluding hydrogens is 348 g/mol. The quantitative estimate of drug-likeness (QED) is 0.896. The lowest BCUT2D eigenvalue weighted by Gasteiger charge is -2.35. The number of sulfonamides is 1. The molecular formula is C16H18N2O4S2. The van der Waals surface area contributed by atoms with E-state index >= 15 is 0 Å². The van der Waals surface area contributed by atoms with Crippen LogP contribution < -0.4 is 4.72 Å². The molecule has 1 aromatic heterocycles. The minimum absolute atomic E-state index is 0.114. The van der Waals surface area contributed by atoms with Crippen molar-refractivity contribution in [2.24, 2.45) is 0 Å². The second kappa shape index (κ2) is 7.02. The first-order valence-electron chi connectivity index (χ1n) is 7.48. The summed E-state index contributed by atoms with van der Waals surface area (Å²) in [6, 6.07) is 11.0. The summed E-state index contributed by atoms with van der Waals surface area (Å²) in [6.45, 7) is 1.38. The SMILES string of the molecule is CNS(=O)(=O)c1csc(C(=O)N2CCOCC2c2ccccc2)c1. The highest BCUT2D eigenvalue weighted by Gasteiger charge is 2.30. The third kappa shape index (κ3) is 3.36. The molecule has 0 aliphatic carbocycles. The second-order valence-electron chi connectivity index (χ2n) is 5.35. The van der Waals surface area contributed by atoms with Crippen LogP contribution in [-0.2, 0) is 14.8 Å². The normalized spacial score (nSPS) is 18.5. The first-order valence-corrected chi connectivity index (χ1v) is 9.85. The summed E-state index contributed by atoms with van der Waals surface area (Å²) in [5.41, 5.74) is 1.00. The molecule has 1 aliphatic heterocycles. The van der Waals surface area contributed by atoms with Crippen LogP contribution in [0.4, 0.5) is 0 Å². The Balaban J connectivity index is 1.88. The van der Waals surface area contributed by atoms with Gasteiger partial charge in [-0.3, -0.25) is 4.79 Å². The van der Waals surface area contributed by atoms with Crippen molar-refractivity contribution in [2.45, 2.75) is 10.9 Å². The molecule has 1 aliphatic rings. The van der Waals surface area contributed by atoms with Crippen molar-refractivity contribution in [3.8, 4) is 0 Å². The van der Waals surface area contributed by atoms with Gasteiger partial charge in [0.2, 0.25) is 10.0 Å². The zero-order chi connectivity index (χ0) is 17.2. The third-order valence-corrected chi connectivity index (χ3v) is 6.40. The van der Waals surface area contributed by atoms with Gasteiger partial charge in [0.25, 0.3) is 5.91 Å². The van der Waals surface area contributed by atoms with E-state index in [0.29, 0.717) is 24.6 Å².